The summed E-state index contributed by atoms with van der Waals surface area (Å²) >= 11 is 6.03. The standard InChI is InChI=1S/C17H28ClNO/c1-14(2)13-19-11-7-5-4-6-8-15-12-16(18)9-10-17(15)20-3/h9-10,12,14,19H,4-8,11,13H2,1-3H3. The van der Waals surface area contributed by atoms with Crippen molar-refractivity contribution in [3.05, 3.63) is 28.8 Å². The van der Waals surface area contributed by atoms with E-state index >= 15 is 0 Å². The van der Waals surface area contributed by atoms with E-state index in [2.05, 4.69) is 19.2 Å². The van der Waals surface area contributed by atoms with E-state index in [9.17, 15) is 0 Å². The van der Waals surface area contributed by atoms with Crippen LogP contribution >= 0.6 is 11.6 Å². The maximum atomic E-state index is 6.03. The van der Waals surface area contributed by atoms with Crippen LogP contribution in [0.5, 0.6) is 5.75 Å². The van der Waals surface area contributed by atoms with Crippen LogP contribution in [0.2, 0.25) is 5.02 Å². The highest BCUT2D eigenvalue weighted by Gasteiger charge is 2.03. The number of halogens is 1. The molecule has 0 aliphatic carbocycles. The Morgan fingerprint density at radius 2 is 1.90 bits per heavy atom. The molecule has 0 spiro atoms. The van der Waals surface area contributed by atoms with Gasteiger partial charge in [0.2, 0.25) is 0 Å². The van der Waals surface area contributed by atoms with Gasteiger partial charge in [-0.15, -0.1) is 0 Å². The first-order valence-electron chi connectivity index (χ1n) is 7.66. The van der Waals surface area contributed by atoms with Gasteiger partial charge in [-0.1, -0.05) is 38.3 Å². The van der Waals surface area contributed by atoms with Gasteiger partial charge in [0.05, 0.1) is 7.11 Å². The summed E-state index contributed by atoms with van der Waals surface area (Å²) in [6.07, 6.45) is 6.05. The second-order valence-electron chi connectivity index (χ2n) is 5.72. The van der Waals surface area contributed by atoms with Gasteiger partial charge in [0, 0.05) is 5.02 Å². The van der Waals surface area contributed by atoms with Gasteiger partial charge in [0.15, 0.2) is 0 Å². The third kappa shape index (κ3) is 7.16. The zero-order valence-electron chi connectivity index (χ0n) is 13.0. The van der Waals surface area contributed by atoms with E-state index in [0.717, 1.165) is 36.2 Å². The number of benzene rings is 1. The number of rotatable bonds is 10. The second-order valence-corrected chi connectivity index (χ2v) is 6.15. The predicted molar refractivity (Wildman–Crippen MR) is 87.9 cm³/mol. The Balaban J connectivity index is 2.13. The molecule has 1 rings (SSSR count). The van der Waals surface area contributed by atoms with Crippen LogP contribution in [0.4, 0.5) is 0 Å². The molecule has 114 valence electrons. The van der Waals surface area contributed by atoms with E-state index in [4.69, 9.17) is 16.3 Å². The van der Waals surface area contributed by atoms with Crippen molar-refractivity contribution in [1.82, 2.24) is 5.32 Å². The first-order chi connectivity index (χ1) is 9.63. The molecule has 2 nitrogen and oxygen atoms in total. The Labute approximate surface area is 128 Å². The summed E-state index contributed by atoms with van der Waals surface area (Å²) in [5.41, 5.74) is 1.22. The Bertz CT molecular complexity index is 379. The van der Waals surface area contributed by atoms with Crippen LogP contribution in [0.3, 0.4) is 0 Å². The number of hydrogen-bond donors (Lipinski definition) is 1. The number of nitrogens with one attached hydrogen (secondary N) is 1. The van der Waals surface area contributed by atoms with Gasteiger partial charge in [-0.3, -0.25) is 0 Å². The fraction of sp³-hybridized carbons (Fsp3) is 0.647. The molecule has 20 heavy (non-hydrogen) atoms. The zero-order valence-corrected chi connectivity index (χ0v) is 13.8. The molecule has 0 heterocycles. The summed E-state index contributed by atoms with van der Waals surface area (Å²) in [4.78, 5) is 0. The molecule has 0 fully saturated rings. The van der Waals surface area contributed by atoms with Gasteiger partial charge >= 0.3 is 0 Å². The Morgan fingerprint density at radius 3 is 2.60 bits per heavy atom. The Hall–Kier alpha value is -0.730. The summed E-state index contributed by atoms with van der Waals surface area (Å²) in [5, 5.41) is 4.27. The van der Waals surface area contributed by atoms with Gasteiger partial charge in [0.1, 0.15) is 5.75 Å². The van der Waals surface area contributed by atoms with Crippen LogP contribution in [0.25, 0.3) is 0 Å². The number of unbranched alkanes of at least 4 members (excludes halogenated alkanes) is 3. The fourth-order valence-electron chi connectivity index (χ4n) is 2.25. The summed E-state index contributed by atoms with van der Waals surface area (Å²) in [6.45, 7) is 6.75. The van der Waals surface area contributed by atoms with Crippen LogP contribution in [0, 0.1) is 5.92 Å². The largest absolute Gasteiger partial charge is 0.496 e. The quantitative estimate of drug-likeness (QED) is 0.632. The Kier molecular flexibility index (Phi) is 8.72. The zero-order chi connectivity index (χ0) is 14.8. The normalized spacial score (nSPS) is 11.1. The molecule has 0 amide bonds. The lowest BCUT2D eigenvalue weighted by atomic mass is 10.1. The van der Waals surface area contributed by atoms with Crippen molar-refractivity contribution in [2.45, 2.75) is 46.0 Å². The lowest BCUT2D eigenvalue weighted by Gasteiger charge is -2.09. The minimum absolute atomic E-state index is 0.741. The molecule has 3 heteroatoms. The first-order valence-corrected chi connectivity index (χ1v) is 8.04. The maximum Gasteiger partial charge on any atom is 0.122 e. The summed E-state index contributed by atoms with van der Waals surface area (Å²) < 4.78 is 5.36. The van der Waals surface area contributed by atoms with Crippen molar-refractivity contribution in [2.24, 2.45) is 5.92 Å². The molecule has 0 unspecified atom stereocenters. The van der Waals surface area contributed by atoms with Crippen LogP contribution in [0.1, 0.15) is 45.1 Å². The number of aryl methyl sites for hydroxylation is 1. The molecule has 1 aromatic carbocycles. The van der Waals surface area contributed by atoms with Gasteiger partial charge in [0.25, 0.3) is 0 Å². The van der Waals surface area contributed by atoms with Gasteiger partial charge in [-0.25, -0.2) is 0 Å². The third-order valence-corrected chi connectivity index (χ3v) is 3.58. The van der Waals surface area contributed by atoms with Crippen molar-refractivity contribution >= 4 is 11.6 Å². The van der Waals surface area contributed by atoms with Crippen molar-refractivity contribution in [1.29, 1.82) is 0 Å². The maximum absolute atomic E-state index is 6.03. The molecule has 0 aliphatic rings. The SMILES string of the molecule is COc1ccc(Cl)cc1CCCCCCNCC(C)C. The molecular formula is C17H28ClNO. The van der Waals surface area contributed by atoms with E-state index in [1.54, 1.807) is 7.11 Å². The van der Waals surface area contributed by atoms with Crippen LogP contribution < -0.4 is 10.1 Å². The van der Waals surface area contributed by atoms with Crippen molar-refractivity contribution in [3.8, 4) is 5.75 Å². The summed E-state index contributed by atoms with van der Waals surface area (Å²) in [6, 6.07) is 5.85. The average molecular weight is 298 g/mol. The number of ether oxygens (including phenoxy) is 1. The highest BCUT2D eigenvalue weighted by molar-refractivity contribution is 6.30. The Morgan fingerprint density at radius 1 is 1.15 bits per heavy atom. The highest BCUT2D eigenvalue weighted by Crippen LogP contribution is 2.24. The lowest BCUT2D eigenvalue weighted by molar-refractivity contribution is 0.408. The molecular weight excluding hydrogens is 270 g/mol. The first kappa shape index (κ1) is 17.3. The van der Waals surface area contributed by atoms with E-state index in [0.29, 0.717) is 0 Å². The molecule has 1 aromatic rings. The average Bonchev–Trinajstić information content (AvgIpc) is 2.41. The monoisotopic (exact) mass is 297 g/mol. The van der Waals surface area contributed by atoms with E-state index in [1.165, 1.54) is 31.2 Å². The van der Waals surface area contributed by atoms with Crippen molar-refractivity contribution in [3.63, 3.8) is 0 Å². The van der Waals surface area contributed by atoms with Crippen LogP contribution in [-0.2, 0) is 6.42 Å². The minimum atomic E-state index is 0.741. The van der Waals surface area contributed by atoms with Crippen LogP contribution in [-0.4, -0.2) is 20.2 Å². The van der Waals surface area contributed by atoms with Gasteiger partial charge < -0.3 is 10.1 Å². The summed E-state index contributed by atoms with van der Waals surface area (Å²) in [5.74, 6) is 1.69. The summed E-state index contributed by atoms with van der Waals surface area (Å²) in [7, 11) is 1.72. The van der Waals surface area contributed by atoms with Crippen LogP contribution in [0.15, 0.2) is 18.2 Å². The molecule has 0 bridgehead atoms. The predicted octanol–water partition coefficient (Wildman–Crippen LogP) is 4.70. The number of hydrogen-bond acceptors (Lipinski definition) is 2. The molecule has 0 saturated heterocycles. The molecule has 1 N–H and O–H groups in total. The minimum Gasteiger partial charge on any atom is -0.496 e. The van der Waals surface area contributed by atoms with Gasteiger partial charge in [-0.05, 0) is 62.0 Å². The van der Waals surface area contributed by atoms with E-state index in [1.807, 2.05) is 18.2 Å². The lowest BCUT2D eigenvalue weighted by Crippen LogP contribution is -2.20. The molecule has 0 saturated carbocycles. The fourth-order valence-corrected chi connectivity index (χ4v) is 2.45. The highest BCUT2D eigenvalue weighted by atomic mass is 35.5. The topological polar surface area (TPSA) is 21.3 Å². The molecule has 0 aliphatic heterocycles. The third-order valence-electron chi connectivity index (χ3n) is 3.34. The van der Waals surface area contributed by atoms with Gasteiger partial charge in [-0.2, -0.15) is 0 Å². The number of methoxy groups -OCH3 is 1. The smallest absolute Gasteiger partial charge is 0.122 e. The molecule has 0 radical (unpaired) electrons. The van der Waals surface area contributed by atoms with E-state index in [-0.39, 0.29) is 0 Å². The van der Waals surface area contributed by atoms with Crippen molar-refractivity contribution in [2.75, 3.05) is 20.2 Å². The molecule has 0 aromatic heterocycles. The second kappa shape index (κ2) is 10.1. The van der Waals surface area contributed by atoms with Crippen molar-refractivity contribution < 1.29 is 4.74 Å². The van der Waals surface area contributed by atoms with E-state index < -0.39 is 0 Å². The molecule has 0 atom stereocenters.